The number of methoxy groups -OCH3 is 1. The molecule has 0 atom stereocenters. The molecule has 0 unspecified atom stereocenters. The van der Waals surface area contributed by atoms with Crippen molar-refractivity contribution in [1.29, 1.82) is 0 Å². The van der Waals surface area contributed by atoms with Crippen molar-refractivity contribution in [2.45, 2.75) is 0 Å². The molecule has 126 valence electrons. The number of pyridine rings is 1. The predicted octanol–water partition coefficient (Wildman–Crippen LogP) is 2.02. The van der Waals surface area contributed by atoms with Gasteiger partial charge in [-0.25, -0.2) is 9.78 Å². The summed E-state index contributed by atoms with van der Waals surface area (Å²) in [4.78, 5) is 30.8. The highest BCUT2D eigenvalue weighted by molar-refractivity contribution is 7.12. The van der Waals surface area contributed by atoms with Crippen molar-refractivity contribution in [2.24, 2.45) is 0 Å². The monoisotopic (exact) mass is 347 g/mol. The number of nitrogens with one attached hydrogen (secondary N) is 1. The van der Waals surface area contributed by atoms with Gasteiger partial charge >= 0.3 is 5.97 Å². The average Bonchev–Trinajstić information content (AvgIpc) is 3.12. The number of amides is 1. The molecule has 0 spiro atoms. The van der Waals surface area contributed by atoms with Gasteiger partial charge in [0.05, 0.1) is 37.8 Å². The van der Waals surface area contributed by atoms with Gasteiger partial charge in [-0.2, -0.15) is 0 Å². The van der Waals surface area contributed by atoms with Crippen LogP contribution in [-0.4, -0.2) is 50.3 Å². The van der Waals surface area contributed by atoms with Crippen molar-refractivity contribution >= 4 is 34.7 Å². The van der Waals surface area contributed by atoms with E-state index in [1.807, 2.05) is 6.07 Å². The molecule has 1 fully saturated rings. The molecule has 7 nitrogen and oxygen atoms in total. The highest BCUT2D eigenvalue weighted by atomic mass is 32.1. The predicted molar refractivity (Wildman–Crippen MR) is 90.9 cm³/mol. The van der Waals surface area contributed by atoms with Crippen molar-refractivity contribution in [1.82, 2.24) is 4.98 Å². The van der Waals surface area contributed by atoms with Gasteiger partial charge < -0.3 is 19.7 Å². The minimum Gasteiger partial charge on any atom is -0.465 e. The SMILES string of the molecule is COC(=O)c1sccc1C(=O)Nc1ccc(N2CCOCC2)nc1. The van der Waals surface area contributed by atoms with Crippen molar-refractivity contribution in [3.8, 4) is 0 Å². The zero-order valence-corrected chi connectivity index (χ0v) is 14.0. The normalized spacial score (nSPS) is 14.3. The number of carbonyl (C=O) groups excluding carboxylic acids is 2. The van der Waals surface area contributed by atoms with Gasteiger partial charge in [-0.15, -0.1) is 11.3 Å². The Kier molecular flexibility index (Phi) is 5.07. The Bertz CT molecular complexity index is 723. The standard InChI is InChI=1S/C16H17N3O4S/c1-22-16(21)14-12(4-9-24-14)15(20)18-11-2-3-13(17-10-11)19-5-7-23-8-6-19/h2-4,9-10H,5-8H2,1H3,(H,18,20). The molecule has 0 aromatic carbocycles. The molecule has 0 saturated carbocycles. The maximum atomic E-state index is 12.3. The molecule has 24 heavy (non-hydrogen) atoms. The molecule has 2 aromatic heterocycles. The van der Waals surface area contributed by atoms with Crippen LogP contribution in [0.1, 0.15) is 20.0 Å². The van der Waals surface area contributed by atoms with Crippen molar-refractivity contribution in [2.75, 3.05) is 43.6 Å². The van der Waals surface area contributed by atoms with E-state index in [0.29, 0.717) is 24.5 Å². The second kappa shape index (κ2) is 7.41. The van der Waals surface area contributed by atoms with Gasteiger partial charge in [0.25, 0.3) is 5.91 Å². The number of nitrogens with zero attached hydrogens (tertiary/aromatic N) is 2. The van der Waals surface area contributed by atoms with Gasteiger partial charge in [0.15, 0.2) is 0 Å². The highest BCUT2D eigenvalue weighted by Gasteiger charge is 2.19. The molecule has 1 aliphatic rings. The maximum absolute atomic E-state index is 12.3. The zero-order chi connectivity index (χ0) is 16.9. The van der Waals surface area contributed by atoms with Gasteiger partial charge in [-0.05, 0) is 23.6 Å². The molecule has 0 radical (unpaired) electrons. The third kappa shape index (κ3) is 3.55. The van der Waals surface area contributed by atoms with Crippen molar-refractivity contribution < 1.29 is 19.1 Å². The molecular weight excluding hydrogens is 330 g/mol. The van der Waals surface area contributed by atoms with Gasteiger partial charge in [-0.1, -0.05) is 0 Å². The lowest BCUT2D eigenvalue weighted by Crippen LogP contribution is -2.36. The molecule has 3 heterocycles. The molecule has 1 saturated heterocycles. The first-order valence-corrected chi connectivity index (χ1v) is 8.33. The number of morpholine rings is 1. The Labute approximate surface area is 143 Å². The van der Waals surface area contributed by atoms with Crippen LogP contribution in [0.3, 0.4) is 0 Å². The van der Waals surface area contributed by atoms with Crippen LogP contribution in [0.2, 0.25) is 0 Å². The summed E-state index contributed by atoms with van der Waals surface area (Å²) in [7, 11) is 1.29. The maximum Gasteiger partial charge on any atom is 0.348 e. The van der Waals surface area contributed by atoms with Gasteiger partial charge in [-0.3, -0.25) is 4.79 Å². The molecular formula is C16H17N3O4S. The summed E-state index contributed by atoms with van der Waals surface area (Å²) in [5.74, 6) is -0.0319. The number of thiophene rings is 1. The Morgan fingerprint density at radius 2 is 2.08 bits per heavy atom. The molecule has 2 aromatic rings. The zero-order valence-electron chi connectivity index (χ0n) is 13.2. The molecule has 0 aliphatic carbocycles. The van der Waals surface area contributed by atoms with E-state index in [1.165, 1.54) is 18.4 Å². The van der Waals surface area contributed by atoms with E-state index in [2.05, 4.69) is 19.9 Å². The number of aromatic nitrogens is 1. The quantitative estimate of drug-likeness (QED) is 0.852. The number of ether oxygens (including phenoxy) is 2. The van der Waals surface area contributed by atoms with Crippen molar-refractivity contribution in [3.63, 3.8) is 0 Å². The number of carbonyl (C=O) groups is 2. The fourth-order valence-corrected chi connectivity index (χ4v) is 3.18. The number of esters is 1. The summed E-state index contributed by atoms with van der Waals surface area (Å²) in [5, 5.41) is 4.43. The van der Waals surface area contributed by atoms with Crippen molar-refractivity contribution in [3.05, 3.63) is 40.2 Å². The second-order valence-electron chi connectivity index (χ2n) is 5.11. The number of hydrogen-bond acceptors (Lipinski definition) is 7. The third-order valence-corrected chi connectivity index (χ3v) is 4.52. The molecule has 1 aliphatic heterocycles. The van der Waals surface area contributed by atoms with Gasteiger partial charge in [0.2, 0.25) is 0 Å². The fraction of sp³-hybridized carbons (Fsp3) is 0.312. The Morgan fingerprint density at radius 3 is 2.75 bits per heavy atom. The van der Waals surface area contributed by atoms with Crippen LogP contribution in [0, 0.1) is 0 Å². The summed E-state index contributed by atoms with van der Waals surface area (Å²) in [5.41, 5.74) is 0.864. The van der Waals surface area contributed by atoms with Crippen LogP contribution in [0.15, 0.2) is 29.8 Å². The number of rotatable bonds is 4. The van der Waals surface area contributed by atoms with E-state index in [0.717, 1.165) is 18.9 Å². The van der Waals surface area contributed by atoms with Crippen LogP contribution in [0.25, 0.3) is 0 Å². The van der Waals surface area contributed by atoms with Crippen LogP contribution in [-0.2, 0) is 9.47 Å². The smallest absolute Gasteiger partial charge is 0.348 e. The second-order valence-corrected chi connectivity index (χ2v) is 6.03. The summed E-state index contributed by atoms with van der Waals surface area (Å²) >= 11 is 1.17. The lowest BCUT2D eigenvalue weighted by molar-refractivity contribution is 0.0603. The van der Waals surface area contributed by atoms with Crippen LogP contribution in [0.4, 0.5) is 11.5 Å². The summed E-state index contributed by atoms with van der Waals surface area (Å²) in [6.07, 6.45) is 1.60. The molecule has 0 bridgehead atoms. The molecule has 8 heteroatoms. The van der Waals surface area contributed by atoms with Crippen LogP contribution >= 0.6 is 11.3 Å². The number of hydrogen-bond donors (Lipinski definition) is 1. The topological polar surface area (TPSA) is 80.8 Å². The number of anilines is 2. The first-order valence-electron chi connectivity index (χ1n) is 7.45. The Hall–Kier alpha value is -2.45. The van der Waals surface area contributed by atoms with Crippen LogP contribution < -0.4 is 10.2 Å². The lowest BCUT2D eigenvalue weighted by atomic mass is 10.2. The molecule has 1 amide bonds. The summed E-state index contributed by atoms with van der Waals surface area (Å²) < 4.78 is 10.00. The van der Waals surface area contributed by atoms with E-state index in [-0.39, 0.29) is 10.8 Å². The van der Waals surface area contributed by atoms with E-state index in [4.69, 9.17) is 4.74 Å². The average molecular weight is 347 g/mol. The molecule has 1 N–H and O–H groups in total. The van der Waals surface area contributed by atoms with Crippen LogP contribution in [0.5, 0.6) is 0 Å². The minimum absolute atomic E-state index is 0.285. The van der Waals surface area contributed by atoms with Gasteiger partial charge in [0.1, 0.15) is 10.7 Å². The first-order chi connectivity index (χ1) is 11.7. The summed E-state index contributed by atoms with van der Waals surface area (Å²) in [6.45, 7) is 2.98. The van der Waals surface area contributed by atoms with Gasteiger partial charge in [0, 0.05) is 13.1 Å². The Balaban J connectivity index is 1.68. The Morgan fingerprint density at radius 1 is 1.29 bits per heavy atom. The fourth-order valence-electron chi connectivity index (χ4n) is 2.38. The summed E-state index contributed by atoms with van der Waals surface area (Å²) in [6, 6.07) is 5.25. The first kappa shape index (κ1) is 16.4. The minimum atomic E-state index is -0.518. The lowest BCUT2D eigenvalue weighted by Gasteiger charge is -2.27. The van der Waals surface area contributed by atoms with E-state index >= 15 is 0 Å². The van der Waals surface area contributed by atoms with E-state index in [9.17, 15) is 9.59 Å². The highest BCUT2D eigenvalue weighted by Crippen LogP contribution is 2.20. The van der Waals surface area contributed by atoms with E-state index in [1.54, 1.807) is 23.7 Å². The third-order valence-electron chi connectivity index (χ3n) is 3.62. The largest absolute Gasteiger partial charge is 0.465 e. The van der Waals surface area contributed by atoms with E-state index < -0.39 is 5.97 Å². The molecule has 3 rings (SSSR count).